The Labute approximate surface area is 111 Å². The highest BCUT2D eigenvalue weighted by atomic mass is 35.5. The minimum atomic E-state index is -2.23. The molecule has 0 fully saturated rings. The van der Waals surface area contributed by atoms with Crippen LogP contribution in [0.1, 0.15) is 20.8 Å². The van der Waals surface area contributed by atoms with Crippen LogP contribution in [0.4, 0.5) is 0 Å². The van der Waals surface area contributed by atoms with Crippen LogP contribution in [0.2, 0.25) is 0 Å². The van der Waals surface area contributed by atoms with Crippen molar-refractivity contribution in [2.45, 2.75) is 8.67 Å². The van der Waals surface area contributed by atoms with E-state index >= 15 is 0 Å². The van der Waals surface area contributed by atoms with Gasteiger partial charge in [0.1, 0.15) is 5.69 Å². The van der Waals surface area contributed by atoms with Crippen molar-refractivity contribution in [3.63, 3.8) is 0 Å². The number of aromatic nitrogens is 1. The first-order valence-corrected chi connectivity index (χ1v) is 5.61. The van der Waals surface area contributed by atoms with E-state index in [1.54, 1.807) is 0 Å². The minimum absolute atomic E-state index is 0.0226. The zero-order chi connectivity index (χ0) is 12.1. The van der Waals surface area contributed by atoms with E-state index in [0.717, 1.165) is 0 Å². The molecule has 0 saturated carbocycles. The van der Waals surface area contributed by atoms with Gasteiger partial charge in [-0.15, -0.1) is 0 Å². The molecule has 0 bridgehead atoms. The zero-order valence-electron chi connectivity index (χ0n) is 7.51. The van der Waals surface area contributed by atoms with Crippen molar-refractivity contribution in [2.75, 3.05) is 0 Å². The number of rotatable bonds is 0. The molecule has 0 unspecified atom stereocenters. The molecule has 0 atom stereocenters. The second kappa shape index (κ2) is 3.57. The molecule has 0 amide bonds. The van der Waals surface area contributed by atoms with Crippen LogP contribution in [0, 0.1) is 0 Å². The van der Waals surface area contributed by atoms with Gasteiger partial charge in [0.25, 0.3) is 0 Å². The lowest BCUT2D eigenvalue weighted by Gasteiger charge is -2.34. The molecule has 0 radical (unpaired) electrons. The predicted octanol–water partition coefficient (Wildman–Crippen LogP) is 2.81. The number of hydrogen-bond donors (Lipinski definition) is 0. The molecular formula is C9H3Cl4NO2. The van der Waals surface area contributed by atoms with E-state index in [0.29, 0.717) is 0 Å². The maximum atomic E-state index is 11.9. The third kappa shape index (κ3) is 1.39. The quantitative estimate of drug-likeness (QED) is 0.692. The van der Waals surface area contributed by atoms with Crippen molar-refractivity contribution in [1.82, 2.24) is 4.98 Å². The summed E-state index contributed by atoms with van der Waals surface area (Å²) in [5.74, 6) is -1.51. The average molecular weight is 299 g/mol. The normalized spacial score (nSPS) is 21.8. The number of Topliss-reactive ketones (excluding diaryl/α,β-unsaturated/α-hetero) is 2. The molecule has 0 aliphatic heterocycles. The number of carbonyl (C=O) groups excluding carboxylic acids is 2. The van der Waals surface area contributed by atoms with E-state index in [1.165, 1.54) is 18.3 Å². The van der Waals surface area contributed by atoms with E-state index in [2.05, 4.69) is 4.98 Å². The second-order valence-electron chi connectivity index (χ2n) is 3.21. The number of halogens is 4. The Morgan fingerprint density at radius 1 is 1.00 bits per heavy atom. The summed E-state index contributed by atoms with van der Waals surface area (Å²) in [6, 6.07) is 2.88. The molecule has 1 heterocycles. The number of carbonyl (C=O) groups is 2. The zero-order valence-corrected chi connectivity index (χ0v) is 10.5. The van der Waals surface area contributed by atoms with Crippen LogP contribution in [0.5, 0.6) is 0 Å². The highest BCUT2D eigenvalue weighted by Crippen LogP contribution is 2.49. The molecule has 16 heavy (non-hydrogen) atoms. The highest BCUT2D eigenvalue weighted by molar-refractivity contribution is 6.76. The number of pyridine rings is 1. The Kier molecular flexibility index (Phi) is 2.70. The maximum absolute atomic E-state index is 11.9. The van der Waals surface area contributed by atoms with Crippen molar-refractivity contribution in [2.24, 2.45) is 0 Å². The first-order chi connectivity index (χ1) is 7.30. The number of nitrogens with zero attached hydrogens (tertiary/aromatic N) is 1. The van der Waals surface area contributed by atoms with Gasteiger partial charge >= 0.3 is 0 Å². The summed E-state index contributed by atoms with van der Waals surface area (Å²) in [7, 11) is 0. The van der Waals surface area contributed by atoms with Crippen LogP contribution in [0.15, 0.2) is 18.3 Å². The monoisotopic (exact) mass is 297 g/mol. The number of hydrogen-bond acceptors (Lipinski definition) is 3. The van der Waals surface area contributed by atoms with E-state index < -0.39 is 20.2 Å². The highest BCUT2D eigenvalue weighted by Gasteiger charge is 2.62. The van der Waals surface area contributed by atoms with Crippen molar-refractivity contribution in [3.8, 4) is 0 Å². The Balaban J connectivity index is 2.76. The molecule has 1 aliphatic carbocycles. The van der Waals surface area contributed by atoms with Crippen LogP contribution < -0.4 is 0 Å². The summed E-state index contributed by atoms with van der Waals surface area (Å²) < 4.78 is -4.43. The van der Waals surface area contributed by atoms with Gasteiger partial charge in [-0.2, -0.15) is 0 Å². The van der Waals surface area contributed by atoms with Crippen molar-refractivity contribution in [1.29, 1.82) is 0 Å². The lowest BCUT2D eigenvalue weighted by Crippen LogP contribution is -2.53. The molecule has 1 aromatic heterocycles. The number of fused-ring (bicyclic) bond motifs is 1. The van der Waals surface area contributed by atoms with Gasteiger partial charge in [0.2, 0.25) is 20.2 Å². The summed E-state index contributed by atoms with van der Waals surface area (Å²) in [4.78, 5) is 27.5. The Bertz CT molecular complexity index is 453. The fraction of sp³-hybridized carbons (Fsp3) is 0.222. The van der Waals surface area contributed by atoms with Gasteiger partial charge in [0, 0.05) is 6.20 Å². The summed E-state index contributed by atoms with van der Waals surface area (Å²) in [5.41, 5.74) is -0.0937. The molecule has 0 N–H and O–H groups in total. The Hall–Kier alpha value is -0.350. The molecule has 3 nitrogen and oxygen atoms in total. The first-order valence-electron chi connectivity index (χ1n) is 4.10. The molecule has 7 heteroatoms. The second-order valence-corrected chi connectivity index (χ2v) is 5.86. The summed E-state index contributed by atoms with van der Waals surface area (Å²) in [5, 5.41) is 0. The van der Waals surface area contributed by atoms with Crippen LogP contribution in [0.3, 0.4) is 0 Å². The van der Waals surface area contributed by atoms with Crippen LogP contribution >= 0.6 is 46.4 Å². The predicted molar refractivity (Wildman–Crippen MR) is 61.8 cm³/mol. The molecule has 84 valence electrons. The lowest BCUT2D eigenvalue weighted by atomic mass is 9.92. The molecule has 1 aromatic rings. The third-order valence-corrected chi connectivity index (χ3v) is 4.44. The van der Waals surface area contributed by atoms with E-state index in [4.69, 9.17) is 46.4 Å². The molecule has 0 saturated heterocycles. The van der Waals surface area contributed by atoms with Crippen molar-refractivity contribution >= 4 is 58.0 Å². The topological polar surface area (TPSA) is 47.0 Å². The van der Waals surface area contributed by atoms with Crippen molar-refractivity contribution < 1.29 is 9.59 Å². The Morgan fingerprint density at radius 3 is 2.19 bits per heavy atom. The third-order valence-electron chi connectivity index (χ3n) is 2.23. The fourth-order valence-electron chi connectivity index (χ4n) is 1.37. The summed E-state index contributed by atoms with van der Waals surface area (Å²) >= 11 is 22.9. The van der Waals surface area contributed by atoms with Gasteiger partial charge < -0.3 is 0 Å². The molecule has 0 spiro atoms. The standard InChI is InChI=1S/C9H3Cl4NO2/c10-8(11)6(15)4-2-1-3-14-5(4)7(16)9(8,12)13/h1-3H. The Morgan fingerprint density at radius 2 is 1.56 bits per heavy atom. The molecule has 1 aliphatic rings. The van der Waals surface area contributed by atoms with Gasteiger partial charge in [0.05, 0.1) is 5.56 Å². The van der Waals surface area contributed by atoms with Crippen LogP contribution in [-0.4, -0.2) is 25.2 Å². The van der Waals surface area contributed by atoms with E-state index in [-0.39, 0.29) is 11.3 Å². The van der Waals surface area contributed by atoms with Gasteiger partial charge in [-0.1, -0.05) is 46.4 Å². The number of ketones is 2. The summed E-state index contributed by atoms with van der Waals surface area (Å²) in [6.45, 7) is 0. The van der Waals surface area contributed by atoms with Gasteiger partial charge in [-0.25, -0.2) is 0 Å². The molecular weight excluding hydrogens is 296 g/mol. The lowest BCUT2D eigenvalue weighted by molar-refractivity contribution is 0.0865. The number of alkyl halides is 4. The van der Waals surface area contributed by atoms with E-state index in [9.17, 15) is 9.59 Å². The van der Waals surface area contributed by atoms with Gasteiger partial charge in [-0.3, -0.25) is 14.6 Å². The SMILES string of the molecule is O=C1c2cccnc2C(=O)C(Cl)(Cl)C1(Cl)Cl. The first kappa shape index (κ1) is 12.1. The largest absolute Gasteiger partial charge is 0.291 e. The van der Waals surface area contributed by atoms with Crippen LogP contribution in [0.25, 0.3) is 0 Å². The van der Waals surface area contributed by atoms with Crippen LogP contribution in [-0.2, 0) is 0 Å². The molecule has 2 rings (SSSR count). The van der Waals surface area contributed by atoms with Crippen molar-refractivity contribution in [3.05, 3.63) is 29.6 Å². The summed E-state index contributed by atoms with van der Waals surface area (Å²) in [6.07, 6.45) is 1.35. The van der Waals surface area contributed by atoms with E-state index in [1.807, 2.05) is 0 Å². The average Bonchev–Trinajstić information content (AvgIpc) is 2.25. The fourth-order valence-corrected chi connectivity index (χ4v) is 2.10. The smallest absolute Gasteiger partial charge is 0.222 e. The molecule has 0 aromatic carbocycles. The van der Waals surface area contributed by atoms with Gasteiger partial charge in [-0.05, 0) is 12.1 Å². The maximum Gasteiger partial charge on any atom is 0.222 e. The minimum Gasteiger partial charge on any atom is -0.291 e. The van der Waals surface area contributed by atoms with Gasteiger partial charge in [0.15, 0.2) is 0 Å².